The molecular formula is C16H15FN2O3. The molecule has 1 heterocycles. The molecule has 0 fully saturated rings. The molecular weight excluding hydrogens is 287 g/mol. The van der Waals surface area contributed by atoms with Gasteiger partial charge < -0.3 is 4.74 Å². The Labute approximate surface area is 127 Å². The zero-order valence-electron chi connectivity index (χ0n) is 12.2. The standard InChI is InChI=1S/C16H15FN2O3/c1-11-5-3-8-14(18-11)16(21)19(10-15(20)22-2)13-7-4-6-12(17)9-13/h3-9H,10H2,1-2H3. The second-order valence-electron chi connectivity index (χ2n) is 4.61. The number of amides is 1. The fourth-order valence-electron chi connectivity index (χ4n) is 1.92. The lowest BCUT2D eigenvalue weighted by Crippen LogP contribution is -2.36. The Morgan fingerprint density at radius 1 is 1.23 bits per heavy atom. The summed E-state index contributed by atoms with van der Waals surface area (Å²) in [7, 11) is 1.22. The molecule has 0 spiro atoms. The summed E-state index contributed by atoms with van der Waals surface area (Å²) in [6, 6.07) is 10.4. The van der Waals surface area contributed by atoms with Gasteiger partial charge in [0.25, 0.3) is 5.91 Å². The summed E-state index contributed by atoms with van der Waals surface area (Å²) >= 11 is 0. The lowest BCUT2D eigenvalue weighted by Gasteiger charge is -2.21. The number of esters is 1. The molecule has 22 heavy (non-hydrogen) atoms. The Balaban J connectivity index is 2.39. The number of benzene rings is 1. The molecule has 0 saturated carbocycles. The average molecular weight is 302 g/mol. The summed E-state index contributed by atoms with van der Waals surface area (Å²) in [5.74, 6) is -1.61. The van der Waals surface area contributed by atoms with Crippen LogP contribution in [0.3, 0.4) is 0 Å². The van der Waals surface area contributed by atoms with Gasteiger partial charge in [0, 0.05) is 11.4 Å². The highest BCUT2D eigenvalue weighted by Crippen LogP contribution is 2.18. The van der Waals surface area contributed by atoms with Crippen LogP contribution in [0, 0.1) is 12.7 Å². The quantitative estimate of drug-likeness (QED) is 0.813. The van der Waals surface area contributed by atoms with Gasteiger partial charge in [0.05, 0.1) is 7.11 Å². The van der Waals surface area contributed by atoms with E-state index in [4.69, 9.17) is 0 Å². The van der Waals surface area contributed by atoms with E-state index in [-0.39, 0.29) is 17.9 Å². The van der Waals surface area contributed by atoms with Crippen LogP contribution < -0.4 is 4.90 Å². The maximum absolute atomic E-state index is 13.4. The number of anilines is 1. The van der Waals surface area contributed by atoms with Crippen molar-refractivity contribution in [1.29, 1.82) is 0 Å². The molecule has 2 aromatic rings. The zero-order chi connectivity index (χ0) is 16.1. The first-order valence-corrected chi connectivity index (χ1v) is 6.59. The van der Waals surface area contributed by atoms with Crippen LogP contribution >= 0.6 is 0 Å². The number of aromatic nitrogens is 1. The minimum Gasteiger partial charge on any atom is -0.468 e. The molecule has 0 radical (unpaired) electrons. The van der Waals surface area contributed by atoms with Crippen LogP contribution in [-0.2, 0) is 9.53 Å². The van der Waals surface area contributed by atoms with E-state index < -0.39 is 17.7 Å². The van der Waals surface area contributed by atoms with Crippen LogP contribution in [-0.4, -0.2) is 30.5 Å². The second kappa shape index (κ2) is 6.80. The molecule has 5 nitrogen and oxygen atoms in total. The SMILES string of the molecule is COC(=O)CN(C(=O)c1cccc(C)n1)c1cccc(F)c1. The minimum atomic E-state index is -0.606. The maximum atomic E-state index is 13.4. The summed E-state index contributed by atoms with van der Waals surface area (Å²) in [6.07, 6.45) is 0. The van der Waals surface area contributed by atoms with Gasteiger partial charge in [-0.15, -0.1) is 0 Å². The van der Waals surface area contributed by atoms with E-state index in [1.54, 1.807) is 31.2 Å². The maximum Gasteiger partial charge on any atom is 0.325 e. The topological polar surface area (TPSA) is 59.5 Å². The van der Waals surface area contributed by atoms with Gasteiger partial charge in [-0.1, -0.05) is 12.1 Å². The molecule has 114 valence electrons. The summed E-state index contributed by atoms with van der Waals surface area (Å²) < 4.78 is 18.0. The van der Waals surface area contributed by atoms with Crippen molar-refractivity contribution < 1.29 is 18.7 Å². The van der Waals surface area contributed by atoms with Crippen molar-refractivity contribution >= 4 is 17.6 Å². The number of nitrogens with zero attached hydrogens (tertiary/aromatic N) is 2. The zero-order valence-corrected chi connectivity index (χ0v) is 12.2. The molecule has 1 amide bonds. The normalized spacial score (nSPS) is 10.1. The van der Waals surface area contributed by atoms with Gasteiger partial charge in [0.15, 0.2) is 0 Å². The van der Waals surface area contributed by atoms with Gasteiger partial charge in [-0.05, 0) is 37.3 Å². The Hall–Kier alpha value is -2.76. The predicted molar refractivity (Wildman–Crippen MR) is 79.1 cm³/mol. The van der Waals surface area contributed by atoms with E-state index in [0.29, 0.717) is 5.69 Å². The van der Waals surface area contributed by atoms with Crippen LogP contribution in [0.1, 0.15) is 16.2 Å². The van der Waals surface area contributed by atoms with E-state index in [0.717, 1.165) is 4.90 Å². The number of aryl methyl sites for hydroxylation is 1. The van der Waals surface area contributed by atoms with Crippen molar-refractivity contribution in [2.75, 3.05) is 18.6 Å². The number of ether oxygens (including phenoxy) is 1. The first kappa shape index (κ1) is 15.6. The minimum absolute atomic E-state index is 0.174. The molecule has 0 saturated heterocycles. The molecule has 1 aromatic heterocycles. The summed E-state index contributed by atoms with van der Waals surface area (Å²) in [4.78, 5) is 29.4. The molecule has 0 aliphatic heterocycles. The number of carbonyl (C=O) groups is 2. The van der Waals surface area contributed by atoms with E-state index in [1.165, 1.54) is 25.3 Å². The number of methoxy groups -OCH3 is 1. The van der Waals surface area contributed by atoms with Crippen molar-refractivity contribution in [3.8, 4) is 0 Å². The Kier molecular flexibility index (Phi) is 4.83. The van der Waals surface area contributed by atoms with Crippen LogP contribution in [0.4, 0.5) is 10.1 Å². The third-order valence-corrected chi connectivity index (χ3v) is 2.99. The van der Waals surface area contributed by atoms with Crippen molar-refractivity contribution in [2.24, 2.45) is 0 Å². The predicted octanol–water partition coefficient (Wildman–Crippen LogP) is 2.35. The lowest BCUT2D eigenvalue weighted by molar-refractivity contribution is -0.138. The third kappa shape index (κ3) is 3.66. The molecule has 1 aromatic carbocycles. The number of hydrogen-bond acceptors (Lipinski definition) is 4. The molecule has 0 atom stereocenters. The molecule has 2 rings (SSSR count). The highest BCUT2D eigenvalue weighted by molar-refractivity contribution is 6.07. The smallest absolute Gasteiger partial charge is 0.325 e. The highest BCUT2D eigenvalue weighted by atomic mass is 19.1. The second-order valence-corrected chi connectivity index (χ2v) is 4.61. The first-order valence-electron chi connectivity index (χ1n) is 6.59. The van der Waals surface area contributed by atoms with Gasteiger partial charge in [-0.3, -0.25) is 14.5 Å². The van der Waals surface area contributed by atoms with E-state index >= 15 is 0 Å². The van der Waals surface area contributed by atoms with Crippen LogP contribution in [0.25, 0.3) is 0 Å². The molecule has 0 unspecified atom stereocenters. The van der Waals surface area contributed by atoms with E-state index in [2.05, 4.69) is 9.72 Å². The number of rotatable bonds is 4. The molecule has 6 heteroatoms. The number of carbonyl (C=O) groups excluding carboxylic acids is 2. The highest BCUT2D eigenvalue weighted by Gasteiger charge is 2.22. The average Bonchev–Trinajstić information content (AvgIpc) is 2.51. The van der Waals surface area contributed by atoms with Crippen LogP contribution in [0.5, 0.6) is 0 Å². The molecule has 0 aliphatic rings. The van der Waals surface area contributed by atoms with Crippen LogP contribution in [0.2, 0.25) is 0 Å². The number of pyridine rings is 1. The fourth-order valence-corrected chi connectivity index (χ4v) is 1.92. The first-order chi connectivity index (χ1) is 10.5. The summed E-state index contributed by atoms with van der Waals surface area (Å²) in [6.45, 7) is 1.43. The Morgan fingerprint density at radius 2 is 1.95 bits per heavy atom. The van der Waals surface area contributed by atoms with Gasteiger partial charge in [0.2, 0.25) is 0 Å². The Morgan fingerprint density at radius 3 is 2.59 bits per heavy atom. The van der Waals surface area contributed by atoms with E-state index in [1.807, 2.05) is 0 Å². The number of halogens is 1. The van der Waals surface area contributed by atoms with Crippen molar-refractivity contribution in [1.82, 2.24) is 4.98 Å². The van der Waals surface area contributed by atoms with Gasteiger partial charge >= 0.3 is 5.97 Å². The molecule has 0 N–H and O–H groups in total. The molecule has 0 bridgehead atoms. The monoisotopic (exact) mass is 302 g/mol. The van der Waals surface area contributed by atoms with Gasteiger partial charge in [-0.2, -0.15) is 0 Å². The van der Waals surface area contributed by atoms with Crippen molar-refractivity contribution in [3.63, 3.8) is 0 Å². The Bertz CT molecular complexity index is 703. The van der Waals surface area contributed by atoms with Crippen molar-refractivity contribution in [3.05, 3.63) is 59.7 Å². The molecule has 0 aliphatic carbocycles. The third-order valence-electron chi connectivity index (χ3n) is 2.99. The van der Waals surface area contributed by atoms with Crippen molar-refractivity contribution in [2.45, 2.75) is 6.92 Å². The van der Waals surface area contributed by atoms with Gasteiger partial charge in [-0.25, -0.2) is 9.37 Å². The summed E-state index contributed by atoms with van der Waals surface area (Å²) in [5.41, 5.74) is 1.11. The van der Waals surface area contributed by atoms with E-state index in [9.17, 15) is 14.0 Å². The summed E-state index contributed by atoms with van der Waals surface area (Å²) in [5, 5.41) is 0. The van der Waals surface area contributed by atoms with Crippen LogP contribution in [0.15, 0.2) is 42.5 Å². The number of hydrogen-bond donors (Lipinski definition) is 0. The largest absolute Gasteiger partial charge is 0.468 e. The lowest BCUT2D eigenvalue weighted by atomic mass is 10.2. The van der Waals surface area contributed by atoms with Gasteiger partial charge in [0.1, 0.15) is 18.1 Å². The fraction of sp³-hybridized carbons (Fsp3) is 0.188.